The second-order valence-corrected chi connectivity index (χ2v) is 3.48. The molecule has 1 aromatic rings. The van der Waals surface area contributed by atoms with Crippen LogP contribution in [0.4, 0.5) is 4.39 Å². The third kappa shape index (κ3) is 3.03. The van der Waals surface area contributed by atoms with E-state index in [0.29, 0.717) is 5.75 Å². The van der Waals surface area contributed by atoms with Crippen molar-refractivity contribution in [3.8, 4) is 5.75 Å². The molecule has 0 aliphatic heterocycles. The Balaban J connectivity index is 2.74. The molecule has 0 aliphatic carbocycles. The maximum atomic E-state index is 12.7. The first-order valence-electron chi connectivity index (χ1n) is 4.09. The molecule has 0 radical (unpaired) electrons. The van der Waals surface area contributed by atoms with Gasteiger partial charge in [-0.1, -0.05) is 6.07 Å². The fourth-order valence-corrected chi connectivity index (χ4v) is 0.882. The molecule has 0 aromatic heterocycles. The van der Waals surface area contributed by atoms with E-state index >= 15 is 0 Å². The number of benzene rings is 1. The molecule has 1 rings (SSSR count). The summed E-state index contributed by atoms with van der Waals surface area (Å²) in [6, 6.07) is 5.86. The number of rotatable bonds is 3. The standard InChI is InChI=1S/C10H13FO2/c1-10(2,7-12)13-9-5-3-4-8(11)6-9/h3-6,12H,7H2,1-2H3. The molecule has 1 N–H and O–H groups in total. The van der Waals surface area contributed by atoms with Gasteiger partial charge in [-0.05, 0) is 26.0 Å². The van der Waals surface area contributed by atoms with Gasteiger partial charge in [0.1, 0.15) is 17.2 Å². The topological polar surface area (TPSA) is 29.5 Å². The quantitative estimate of drug-likeness (QED) is 0.778. The summed E-state index contributed by atoms with van der Waals surface area (Å²) in [7, 11) is 0. The Kier molecular flexibility index (Phi) is 2.88. The van der Waals surface area contributed by atoms with Gasteiger partial charge in [-0.3, -0.25) is 0 Å². The number of hydrogen-bond donors (Lipinski definition) is 1. The van der Waals surface area contributed by atoms with Crippen LogP contribution in [0, 0.1) is 5.82 Å². The van der Waals surface area contributed by atoms with Crippen LogP contribution in [0.25, 0.3) is 0 Å². The maximum Gasteiger partial charge on any atom is 0.126 e. The Labute approximate surface area is 77.0 Å². The summed E-state index contributed by atoms with van der Waals surface area (Å²) < 4.78 is 18.0. The highest BCUT2D eigenvalue weighted by molar-refractivity contribution is 5.23. The highest BCUT2D eigenvalue weighted by Crippen LogP contribution is 2.18. The molecule has 0 saturated heterocycles. The second kappa shape index (κ2) is 3.75. The van der Waals surface area contributed by atoms with E-state index in [2.05, 4.69) is 0 Å². The smallest absolute Gasteiger partial charge is 0.126 e. The minimum Gasteiger partial charge on any atom is -0.485 e. The predicted molar refractivity (Wildman–Crippen MR) is 48.2 cm³/mol. The van der Waals surface area contributed by atoms with E-state index in [-0.39, 0.29) is 12.4 Å². The van der Waals surface area contributed by atoms with Crippen LogP contribution < -0.4 is 4.74 Å². The van der Waals surface area contributed by atoms with Crippen LogP contribution >= 0.6 is 0 Å². The Morgan fingerprint density at radius 2 is 2.15 bits per heavy atom. The Morgan fingerprint density at radius 3 is 2.69 bits per heavy atom. The van der Waals surface area contributed by atoms with Gasteiger partial charge >= 0.3 is 0 Å². The van der Waals surface area contributed by atoms with Crippen molar-refractivity contribution in [2.75, 3.05) is 6.61 Å². The van der Waals surface area contributed by atoms with E-state index in [4.69, 9.17) is 9.84 Å². The molecule has 2 nitrogen and oxygen atoms in total. The third-order valence-electron chi connectivity index (χ3n) is 1.57. The van der Waals surface area contributed by atoms with Crippen molar-refractivity contribution < 1.29 is 14.2 Å². The van der Waals surface area contributed by atoms with E-state index < -0.39 is 5.60 Å². The lowest BCUT2D eigenvalue weighted by Gasteiger charge is -2.23. The van der Waals surface area contributed by atoms with Gasteiger partial charge in [-0.15, -0.1) is 0 Å². The molecule has 0 spiro atoms. The van der Waals surface area contributed by atoms with E-state index in [1.165, 1.54) is 12.1 Å². The molecule has 0 atom stereocenters. The van der Waals surface area contributed by atoms with Gasteiger partial charge in [0.2, 0.25) is 0 Å². The number of halogens is 1. The van der Waals surface area contributed by atoms with Crippen molar-refractivity contribution in [2.24, 2.45) is 0 Å². The van der Waals surface area contributed by atoms with Gasteiger partial charge in [-0.25, -0.2) is 4.39 Å². The van der Waals surface area contributed by atoms with Gasteiger partial charge in [0, 0.05) is 6.07 Å². The second-order valence-electron chi connectivity index (χ2n) is 3.48. The predicted octanol–water partition coefficient (Wildman–Crippen LogP) is 1.98. The van der Waals surface area contributed by atoms with Gasteiger partial charge in [-0.2, -0.15) is 0 Å². The summed E-state index contributed by atoms with van der Waals surface area (Å²) in [6.45, 7) is 3.36. The molecule has 1 aromatic carbocycles. The van der Waals surface area contributed by atoms with Crippen molar-refractivity contribution >= 4 is 0 Å². The fourth-order valence-electron chi connectivity index (χ4n) is 0.882. The summed E-state index contributed by atoms with van der Waals surface area (Å²) >= 11 is 0. The summed E-state index contributed by atoms with van der Waals surface area (Å²) in [6.07, 6.45) is 0. The van der Waals surface area contributed by atoms with Gasteiger partial charge < -0.3 is 9.84 Å². The number of aliphatic hydroxyl groups is 1. The molecule has 0 unspecified atom stereocenters. The van der Waals surface area contributed by atoms with E-state index in [1.54, 1.807) is 26.0 Å². The first kappa shape index (κ1) is 9.99. The van der Waals surface area contributed by atoms with Gasteiger partial charge in [0.05, 0.1) is 6.61 Å². The van der Waals surface area contributed by atoms with Crippen LogP contribution in [0.3, 0.4) is 0 Å². The molecule has 3 heteroatoms. The van der Waals surface area contributed by atoms with Crippen LogP contribution in [-0.2, 0) is 0 Å². The molecule has 0 amide bonds. The molecule has 0 aliphatic rings. The van der Waals surface area contributed by atoms with Crippen molar-refractivity contribution in [3.05, 3.63) is 30.1 Å². The minimum atomic E-state index is -0.673. The highest BCUT2D eigenvalue weighted by Gasteiger charge is 2.18. The molecular weight excluding hydrogens is 171 g/mol. The SMILES string of the molecule is CC(C)(CO)Oc1cccc(F)c1. The zero-order chi connectivity index (χ0) is 9.90. The van der Waals surface area contributed by atoms with Crippen LogP contribution in [0.5, 0.6) is 5.75 Å². The zero-order valence-electron chi connectivity index (χ0n) is 7.75. The average molecular weight is 184 g/mol. The molecule has 0 fully saturated rings. The van der Waals surface area contributed by atoms with Crippen LogP contribution in [0.15, 0.2) is 24.3 Å². The fraction of sp³-hybridized carbons (Fsp3) is 0.400. The van der Waals surface area contributed by atoms with Crippen LogP contribution in [0.2, 0.25) is 0 Å². The van der Waals surface area contributed by atoms with Crippen molar-refractivity contribution in [2.45, 2.75) is 19.4 Å². The van der Waals surface area contributed by atoms with Crippen LogP contribution in [-0.4, -0.2) is 17.3 Å². The zero-order valence-corrected chi connectivity index (χ0v) is 7.75. The van der Waals surface area contributed by atoms with Crippen molar-refractivity contribution in [3.63, 3.8) is 0 Å². The number of aliphatic hydroxyl groups excluding tert-OH is 1. The lowest BCUT2D eigenvalue weighted by molar-refractivity contribution is 0.0410. The first-order valence-corrected chi connectivity index (χ1v) is 4.09. The molecule has 13 heavy (non-hydrogen) atoms. The summed E-state index contributed by atoms with van der Waals surface area (Å²) in [5.74, 6) is 0.0882. The number of hydrogen-bond acceptors (Lipinski definition) is 2. The lowest BCUT2D eigenvalue weighted by atomic mass is 10.1. The number of ether oxygens (including phenoxy) is 1. The van der Waals surface area contributed by atoms with E-state index in [1.807, 2.05) is 0 Å². The van der Waals surface area contributed by atoms with E-state index in [0.717, 1.165) is 0 Å². The highest BCUT2D eigenvalue weighted by atomic mass is 19.1. The first-order chi connectivity index (χ1) is 6.03. The van der Waals surface area contributed by atoms with E-state index in [9.17, 15) is 4.39 Å². The lowest BCUT2D eigenvalue weighted by Crippen LogP contribution is -2.32. The molecule has 0 saturated carbocycles. The van der Waals surface area contributed by atoms with Crippen LogP contribution in [0.1, 0.15) is 13.8 Å². The van der Waals surface area contributed by atoms with Gasteiger partial charge in [0.25, 0.3) is 0 Å². The largest absolute Gasteiger partial charge is 0.485 e. The van der Waals surface area contributed by atoms with Crippen molar-refractivity contribution in [1.82, 2.24) is 0 Å². The minimum absolute atomic E-state index is 0.108. The summed E-state index contributed by atoms with van der Waals surface area (Å²) in [5, 5.41) is 8.91. The van der Waals surface area contributed by atoms with Crippen molar-refractivity contribution in [1.29, 1.82) is 0 Å². The Hall–Kier alpha value is -1.09. The molecular formula is C10H13FO2. The normalized spacial score (nSPS) is 11.4. The van der Waals surface area contributed by atoms with Gasteiger partial charge in [0.15, 0.2) is 0 Å². The summed E-state index contributed by atoms with van der Waals surface area (Å²) in [5.41, 5.74) is -0.673. The molecule has 0 heterocycles. The Morgan fingerprint density at radius 1 is 1.46 bits per heavy atom. The average Bonchev–Trinajstić information content (AvgIpc) is 2.03. The molecule has 0 bridgehead atoms. The maximum absolute atomic E-state index is 12.7. The molecule has 72 valence electrons. The monoisotopic (exact) mass is 184 g/mol. The summed E-state index contributed by atoms with van der Waals surface area (Å²) in [4.78, 5) is 0. The Bertz CT molecular complexity index is 284. The third-order valence-corrected chi connectivity index (χ3v) is 1.57.